The first-order valence-electron chi connectivity index (χ1n) is 6.79. The number of hydrogen-bond acceptors (Lipinski definition) is 3. The third kappa shape index (κ3) is 4.61. The molecule has 4 nitrogen and oxygen atoms in total. The zero-order valence-corrected chi connectivity index (χ0v) is 12.2. The fourth-order valence-corrected chi connectivity index (χ4v) is 1.93. The van der Waals surface area contributed by atoms with Crippen molar-refractivity contribution in [2.45, 2.75) is 12.2 Å². The van der Waals surface area contributed by atoms with Crippen molar-refractivity contribution < 1.29 is 32.2 Å². The lowest BCUT2D eigenvalue weighted by Gasteiger charge is -2.22. The Morgan fingerprint density at radius 3 is 2.33 bits per heavy atom. The van der Waals surface area contributed by atoms with Crippen LogP contribution >= 0.6 is 0 Å². The van der Waals surface area contributed by atoms with E-state index in [4.69, 9.17) is 4.74 Å². The number of ether oxygens (including phenoxy) is 1. The summed E-state index contributed by atoms with van der Waals surface area (Å²) in [5.74, 6) is -1.99. The summed E-state index contributed by atoms with van der Waals surface area (Å²) in [4.78, 5) is 11.7. The second-order valence-corrected chi connectivity index (χ2v) is 4.85. The van der Waals surface area contributed by atoms with Gasteiger partial charge in [-0.3, -0.25) is 4.79 Å². The summed E-state index contributed by atoms with van der Waals surface area (Å²) in [6, 6.07) is 7.07. The van der Waals surface area contributed by atoms with Crippen molar-refractivity contribution in [3.8, 4) is 11.5 Å². The predicted molar refractivity (Wildman–Crippen MR) is 76.9 cm³/mol. The van der Waals surface area contributed by atoms with Gasteiger partial charge in [0.1, 0.15) is 5.82 Å². The number of carbonyl (C=O) groups excluding carboxylic acids is 1. The molecule has 24 heavy (non-hydrogen) atoms. The number of phenols is 1. The van der Waals surface area contributed by atoms with Crippen LogP contribution in [0.4, 0.5) is 17.6 Å². The summed E-state index contributed by atoms with van der Waals surface area (Å²) in [6.07, 6.45) is -4.76. The van der Waals surface area contributed by atoms with E-state index in [-0.39, 0.29) is 17.1 Å². The van der Waals surface area contributed by atoms with Gasteiger partial charge in [0, 0.05) is 0 Å². The molecular formula is C16H13F4NO3. The van der Waals surface area contributed by atoms with Crippen molar-refractivity contribution in [2.24, 2.45) is 0 Å². The van der Waals surface area contributed by atoms with Gasteiger partial charge in [0.2, 0.25) is 0 Å². The van der Waals surface area contributed by atoms with Crippen LogP contribution in [-0.4, -0.2) is 23.8 Å². The Hall–Kier alpha value is -2.77. The molecule has 0 saturated heterocycles. The number of amides is 1. The summed E-state index contributed by atoms with van der Waals surface area (Å²) in [5, 5.41) is 11.3. The molecule has 0 heterocycles. The number of rotatable bonds is 5. The number of benzene rings is 2. The largest absolute Gasteiger partial charge is 0.504 e. The second-order valence-electron chi connectivity index (χ2n) is 4.85. The normalized spacial score (nSPS) is 12.5. The average Bonchev–Trinajstić information content (AvgIpc) is 2.52. The van der Waals surface area contributed by atoms with Gasteiger partial charge in [-0.2, -0.15) is 13.2 Å². The van der Waals surface area contributed by atoms with E-state index in [0.717, 1.165) is 24.3 Å². The number of aromatic hydroxyl groups is 1. The SMILES string of the molecule is O=C(COc1ccccc1O)NC(c1ccc(F)cc1)C(F)(F)F. The van der Waals surface area contributed by atoms with Crippen molar-refractivity contribution >= 4 is 5.91 Å². The van der Waals surface area contributed by atoms with Gasteiger partial charge in [0.05, 0.1) is 0 Å². The van der Waals surface area contributed by atoms with E-state index in [1.54, 1.807) is 5.32 Å². The minimum atomic E-state index is -4.76. The van der Waals surface area contributed by atoms with Crippen molar-refractivity contribution in [2.75, 3.05) is 6.61 Å². The van der Waals surface area contributed by atoms with Crippen LogP contribution in [0.25, 0.3) is 0 Å². The molecule has 0 aliphatic rings. The molecule has 0 saturated carbocycles. The maximum absolute atomic E-state index is 13.1. The highest BCUT2D eigenvalue weighted by Gasteiger charge is 2.41. The molecule has 8 heteroatoms. The zero-order valence-electron chi connectivity index (χ0n) is 12.2. The molecule has 2 rings (SSSR count). The predicted octanol–water partition coefficient (Wildman–Crippen LogP) is 3.33. The molecule has 0 aromatic heterocycles. The topological polar surface area (TPSA) is 58.6 Å². The number of para-hydroxylation sites is 2. The Kier molecular flexibility index (Phi) is 5.28. The molecule has 0 aliphatic carbocycles. The first kappa shape index (κ1) is 17.6. The van der Waals surface area contributed by atoms with Crippen LogP contribution in [0.3, 0.4) is 0 Å². The van der Waals surface area contributed by atoms with Crippen LogP contribution in [0.2, 0.25) is 0 Å². The average molecular weight is 343 g/mol. The van der Waals surface area contributed by atoms with E-state index in [0.29, 0.717) is 0 Å². The summed E-state index contributed by atoms with van der Waals surface area (Å²) < 4.78 is 57.1. The van der Waals surface area contributed by atoms with Crippen LogP contribution in [-0.2, 0) is 4.79 Å². The molecule has 1 amide bonds. The lowest BCUT2D eigenvalue weighted by molar-refractivity contribution is -0.164. The van der Waals surface area contributed by atoms with Crippen molar-refractivity contribution in [3.63, 3.8) is 0 Å². The number of nitrogens with one attached hydrogen (secondary N) is 1. The van der Waals surface area contributed by atoms with Gasteiger partial charge in [-0.05, 0) is 29.8 Å². The molecule has 1 unspecified atom stereocenters. The molecule has 128 valence electrons. The van der Waals surface area contributed by atoms with Gasteiger partial charge in [-0.25, -0.2) is 4.39 Å². The molecule has 2 aromatic carbocycles. The van der Waals surface area contributed by atoms with Gasteiger partial charge in [-0.15, -0.1) is 0 Å². The first-order valence-corrected chi connectivity index (χ1v) is 6.79. The quantitative estimate of drug-likeness (QED) is 0.819. The molecule has 1 atom stereocenters. The Morgan fingerprint density at radius 2 is 1.75 bits per heavy atom. The fraction of sp³-hybridized carbons (Fsp3) is 0.188. The highest BCUT2D eigenvalue weighted by Crippen LogP contribution is 2.32. The van der Waals surface area contributed by atoms with E-state index >= 15 is 0 Å². The number of halogens is 4. The Morgan fingerprint density at radius 1 is 1.12 bits per heavy atom. The van der Waals surface area contributed by atoms with Gasteiger partial charge < -0.3 is 15.2 Å². The summed E-state index contributed by atoms with van der Waals surface area (Å²) in [7, 11) is 0. The summed E-state index contributed by atoms with van der Waals surface area (Å²) in [5.41, 5.74) is -0.306. The number of alkyl halides is 3. The third-order valence-electron chi connectivity index (χ3n) is 3.06. The van der Waals surface area contributed by atoms with Crippen molar-refractivity contribution in [3.05, 3.63) is 59.9 Å². The Bertz CT molecular complexity index is 701. The maximum Gasteiger partial charge on any atom is 0.412 e. The number of carbonyl (C=O) groups is 1. The fourth-order valence-electron chi connectivity index (χ4n) is 1.93. The van der Waals surface area contributed by atoms with Crippen molar-refractivity contribution in [1.82, 2.24) is 5.32 Å². The molecule has 2 aromatic rings. The van der Waals surface area contributed by atoms with Crippen LogP contribution in [0.15, 0.2) is 48.5 Å². The minimum absolute atomic E-state index is 0.0296. The lowest BCUT2D eigenvalue weighted by atomic mass is 10.1. The van der Waals surface area contributed by atoms with Crippen LogP contribution < -0.4 is 10.1 Å². The molecule has 0 fully saturated rings. The standard InChI is InChI=1S/C16H13F4NO3/c17-11-7-5-10(6-8-11)15(16(18,19)20)21-14(23)9-24-13-4-2-1-3-12(13)22/h1-8,15,22H,9H2,(H,21,23). The van der Waals surface area contributed by atoms with E-state index in [1.165, 1.54) is 24.3 Å². The van der Waals surface area contributed by atoms with Gasteiger partial charge in [0.15, 0.2) is 24.1 Å². The van der Waals surface area contributed by atoms with Gasteiger partial charge in [-0.1, -0.05) is 24.3 Å². The smallest absolute Gasteiger partial charge is 0.412 e. The van der Waals surface area contributed by atoms with Crippen LogP contribution in [0, 0.1) is 5.82 Å². The molecular weight excluding hydrogens is 330 g/mol. The third-order valence-corrected chi connectivity index (χ3v) is 3.06. The van der Waals surface area contributed by atoms with E-state index in [2.05, 4.69) is 0 Å². The highest BCUT2D eigenvalue weighted by molar-refractivity contribution is 5.78. The van der Waals surface area contributed by atoms with E-state index in [1.807, 2.05) is 0 Å². The number of phenolic OH excluding ortho intramolecular Hbond substituents is 1. The molecule has 0 bridgehead atoms. The molecule has 0 radical (unpaired) electrons. The lowest BCUT2D eigenvalue weighted by Crippen LogP contribution is -2.40. The van der Waals surface area contributed by atoms with Gasteiger partial charge >= 0.3 is 6.18 Å². The van der Waals surface area contributed by atoms with Crippen LogP contribution in [0.1, 0.15) is 11.6 Å². The Balaban J connectivity index is 2.05. The Labute approximate surface area is 134 Å². The van der Waals surface area contributed by atoms with E-state index in [9.17, 15) is 27.5 Å². The van der Waals surface area contributed by atoms with Crippen molar-refractivity contribution in [1.29, 1.82) is 0 Å². The van der Waals surface area contributed by atoms with E-state index < -0.39 is 30.5 Å². The number of hydrogen-bond donors (Lipinski definition) is 2. The molecule has 0 aliphatic heterocycles. The molecule has 2 N–H and O–H groups in total. The second kappa shape index (κ2) is 7.20. The first-order chi connectivity index (χ1) is 11.3. The highest BCUT2D eigenvalue weighted by atomic mass is 19.4. The van der Waals surface area contributed by atoms with Crippen LogP contribution in [0.5, 0.6) is 11.5 Å². The summed E-state index contributed by atoms with van der Waals surface area (Å²) in [6.45, 7) is -0.717. The minimum Gasteiger partial charge on any atom is -0.504 e. The zero-order chi connectivity index (χ0) is 17.7. The maximum atomic E-state index is 13.1. The monoisotopic (exact) mass is 343 g/mol. The molecule has 0 spiro atoms. The summed E-state index contributed by atoms with van der Waals surface area (Å²) >= 11 is 0. The van der Waals surface area contributed by atoms with Gasteiger partial charge in [0.25, 0.3) is 5.91 Å².